The molecule has 1 amide bonds. The van der Waals surface area contributed by atoms with Crippen LogP contribution >= 0.6 is 0 Å². The zero-order chi connectivity index (χ0) is 19.9. The van der Waals surface area contributed by atoms with Gasteiger partial charge in [-0.15, -0.1) is 0 Å². The van der Waals surface area contributed by atoms with Gasteiger partial charge in [-0.2, -0.15) is 4.31 Å². The lowest BCUT2D eigenvalue weighted by atomic mass is 10.1. The van der Waals surface area contributed by atoms with Gasteiger partial charge in [0.1, 0.15) is 5.75 Å². The van der Waals surface area contributed by atoms with Gasteiger partial charge in [0.2, 0.25) is 10.0 Å². The van der Waals surface area contributed by atoms with Gasteiger partial charge in [0.25, 0.3) is 5.91 Å². The van der Waals surface area contributed by atoms with E-state index in [0.29, 0.717) is 25.4 Å². The molecule has 0 unspecified atom stereocenters. The Balaban J connectivity index is 1.87. The Morgan fingerprint density at radius 1 is 1.00 bits per heavy atom. The van der Waals surface area contributed by atoms with Gasteiger partial charge in [0, 0.05) is 19.6 Å². The first-order chi connectivity index (χ1) is 12.9. The molecule has 0 atom stereocenters. The summed E-state index contributed by atoms with van der Waals surface area (Å²) in [5.41, 5.74) is 2.18. The van der Waals surface area contributed by atoms with E-state index in [1.165, 1.54) is 22.0 Å². The van der Waals surface area contributed by atoms with Crippen LogP contribution in [0.15, 0.2) is 53.4 Å². The van der Waals surface area contributed by atoms with Crippen molar-refractivity contribution in [1.82, 2.24) is 9.62 Å². The van der Waals surface area contributed by atoms with Crippen molar-refractivity contribution in [2.75, 3.05) is 19.7 Å². The zero-order valence-corrected chi connectivity index (χ0v) is 16.8. The summed E-state index contributed by atoms with van der Waals surface area (Å²) in [5.74, 6) is 0.203. The Morgan fingerprint density at radius 2 is 1.59 bits per heavy atom. The molecule has 0 aliphatic rings. The summed E-state index contributed by atoms with van der Waals surface area (Å²) in [5, 5.41) is 2.79. The van der Waals surface area contributed by atoms with Crippen molar-refractivity contribution in [1.29, 1.82) is 0 Å². The topological polar surface area (TPSA) is 75.7 Å². The van der Waals surface area contributed by atoms with Crippen LogP contribution in [0, 0.1) is 6.92 Å². The predicted molar refractivity (Wildman–Crippen MR) is 105 cm³/mol. The average molecular weight is 391 g/mol. The number of carbonyl (C=O) groups excluding carboxylic acids is 1. The first-order valence-electron chi connectivity index (χ1n) is 8.92. The highest BCUT2D eigenvalue weighted by molar-refractivity contribution is 7.89. The van der Waals surface area contributed by atoms with Crippen LogP contribution < -0.4 is 10.1 Å². The molecule has 0 fully saturated rings. The fourth-order valence-corrected chi connectivity index (χ4v) is 3.98. The summed E-state index contributed by atoms with van der Waals surface area (Å²) < 4.78 is 31.7. The summed E-state index contributed by atoms with van der Waals surface area (Å²) in [6.45, 7) is 6.74. The van der Waals surface area contributed by atoms with Crippen LogP contribution in [0.2, 0.25) is 0 Å². The van der Waals surface area contributed by atoms with Gasteiger partial charge in [0.15, 0.2) is 6.61 Å². The van der Waals surface area contributed by atoms with Crippen molar-refractivity contribution in [2.45, 2.75) is 32.2 Å². The van der Waals surface area contributed by atoms with Crippen molar-refractivity contribution in [3.05, 3.63) is 59.7 Å². The van der Waals surface area contributed by atoms with Gasteiger partial charge in [-0.1, -0.05) is 43.7 Å². The molecule has 27 heavy (non-hydrogen) atoms. The highest BCUT2D eigenvalue weighted by Crippen LogP contribution is 2.19. The molecule has 0 saturated carbocycles. The predicted octanol–water partition coefficient (Wildman–Crippen LogP) is 2.72. The summed E-state index contributed by atoms with van der Waals surface area (Å²) >= 11 is 0. The van der Waals surface area contributed by atoms with E-state index in [0.717, 1.165) is 5.56 Å². The van der Waals surface area contributed by atoms with E-state index in [-0.39, 0.29) is 17.4 Å². The number of sulfonamides is 1. The van der Waals surface area contributed by atoms with Crippen LogP contribution in [0.4, 0.5) is 0 Å². The van der Waals surface area contributed by atoms with Crippen LogP contribution in [-0.2, 0) is 21.4 Å². The molecule has 0 spiro atoms. The second kappa shape index (κ2) is 9.53. The molecule has 146 valence electrons. The maximum Gasteiger partial charge on any atom is 0.258 e. The van der Waals surface area contributed by atoms with E-state index in [1.807, 2.05) is 31.2 Å². The van der Waals surface area contributed by atoms with Crippen LogP contribution in [-0.4, -0.2) is 38.3 Å². The van der Waals surface area contributed by atoms with E-state index >= 15 is 0 Å². The van der Waals surface area contributed by atoms with E-state index in [9.17, 15) is 13.2 Å². The number of benzene rings is 2. The molecule has 2 rings (SSSR count). The minimum atomic E-state index is -3.49. The molecule has 0 radical (unpaired) electrons. The number of hydrogen-bond acceptors (Lipinski definition) is 4. The van der Waals surface area contributed by atoms with Gasteiger partial charge < -0.3 is 10.1 Å². The van der Waals surface area contributed by atoms with Gasteiger partial charge in [0.05, 0.1) is 4.90 Å². The van der Waals surface area contributed by atoms with Gasteiger partial charge >= 0.3 is 0 Å². The SMILES string of the molecule is CCN(CC)S(=O)(=O)c1ccc(OCC(=O)NCc2ccc(C)cc2)cc1. The Morgan fingerprint density at radius 3 is 2.15 bits per heavy atom. The summed E-state index contributed by atoms with van der Waals surface area (Å²) in [6, 6.07) is 14.0. The van der Waals surface area contributed by atoms with E-state index in [1.54, 1.807) is 26.0 Å². The third kappa shape index (κ3) is 5.80. The van der Waals surface area contributed by atoms with Crippen LogP contribution in [0.3, 0.4) is 0 Å². The fraction of sp³-hybridized carbons (Fsp3) is 0.350. The number of hydrogen-bond donors (Lipinski definition) is 1. The third-order valence-corrected chi connectivity index (χ3v) is 6.21. The lowest BCUT2D eigenvalue weighted by Crippen LogP contribution is -2.30. The second-order valence-electron chi connectivity index (χ2n) is 6.11. The lowest BCUT2D eigenvalue weighted by Gasteiger charge is -2.18. The molecule has 0 aromatic heterocycles. The molecule has 1 N–H and O–H groups in total. The monoisotopic (exact) mass is 390 g/mol. The van der Waals surface area contributed by atoms with Gasteiger partial charge in [-0.25, -0.2) is 8.42 Å². The number of amides is 1. The quantitative estimate of drug-likeness (QED) is 0.714. The first-order valence-corrected chi connectivity index (χ1v) is 10.4. The molecule has 0 heterocycles. The van der Waals surface area contributed by atoms with E-state index in [2.05, 4.69) is 5.32 Å². The van der Waals surface area contributed by atoms with Crippen molar-refractivity contribution in [2.24, 2.45) is 0 Å². The van der Waals surface area contributed by atoms with Crippen LogP contribution in [0.1, 0.15) is 25.0 Å². The molecular formula is C20H26N2O4S. The number of rotatable bonds is 9. The summed E-state index contributed by atoms with van der Waals surface area (Å²) in [7, 11) is -3.49. The Hall–Kier alpha value is -2.38. The summed E-state index contributed by atoms with van der Waals surface area (Å²) in [6.07, 6.45) is 0. The molecular weight excluding hydrogens is 364 g/mol. The molecule has 0 aliphatic carbocycles. The third-order valence-electron chi connectivity index (χ3n) is 4.15. The van der Waals surface area contributed by atoms with Crippen molar-refractivity contribution >= 4 is 15.9 Å². The van der Waals surface area contributed by atoms with Crippen molar-refractivity contribution in [3.8, 4) is 5.75 Å². The van der Waals surface area contributed by atoms with E-state index < -0.39 is 10.0 Å². The number of ether oxygens (including phenoxy) is 1. The summed E-state index contributed by atoms with van der Waals surface area (Å²) in [4.78, 5) is 12.1. The standard InChI is InChI=1S/C20H26N2O4S/c1-4-22(5-2)27(24,25)19-12-10-18(11-13-19)26-15-20(23)21-14-17-8-6-16(3)7-9-17/h6-13H,4-5,14-15H2,1-3H3,(H,21,23). The minimum absolute atomic E-state index is 0.131. The largest absolute Gasteiger partial charge is 0.484 e. The second-order valence-corrected chi connectivity index (χ2v) is 8.05. The number of nitrogens with zero attached hydrogens (tertiary/aromatic N) is 1. The molecule has 2 aromatic rings. The molecule has 7 heteroatoms. The molecule has 0 saturated heterocycles. The fourth-order valence-electron chi connectivity index (χ4n) is 2.53. The maximum absolute atomic E-state index is 12.4. The average Bonchev–Trinajstić information content (AvgIpc) is 2.67. The number of carbonyl (C=O) groups is 1. The highest BCUT2D eigenvalue weighted by Gasteiger charge is 2.21. The Kier molecular flexibility index (Phi) is 7.38. The Bertz CT molecular complexity index is 843. The van der Waals surface area contributed by atoms with Crippen molar-refractivity contribution in [3.63, 3.8) is 0 Å². The highest BCUT2D eigenvalue weighted by atomic mass is 32.2. The van der Waals surface area contributed by atoms with Gasteiger partial charge in [-0.3, -0.25) is 4.79 Å². The zero-order valence-electron chi connectivity index (χ0n) is 15.9. The molecule has 2 aromatic carbocycles. The van der Waals surface area contributed by atoms with E-state index in [4.69, 9.17) is 4.74 Å². The molecule has 0 bridgehead atoms. The lowest BCUT2D eigenvalue weighted by molar-refractivity contribution is -0.123. The Labute approximate surface area is 161 Å². The molecule has 6 nitrogen and oxygen atoms in total. The smallest absolute Gasteiger partial charge is 0.258 e. The van der Waals surface area contributed by atoms with Crippen LogP contribution in [0.25, 0.3) is 0 Å². The minimum Gasteiger partial charge on any atom is -0.484 e. The molecule has 0 aliphatic heterocycles. The first kappa shape index (κ1) is 20.9. The number of aryl methyl sites for hydroxylation is 1. The maximum atomic E-state index is 12.4. The van der Waals surface area contributed by atoms with Gasteiger partial charge in [-0.05, 0) is 36.8 Å². The van der Waals surface area contributed by atoms with Crippen LogP contribution in [0.5, 0.6) is 5.75 Å². The normalized spacial score (nSPS) is 11.4. The number of nitrogens with one attached hydrogen (secondary N) is 1. The van der Waals surface area contributed by atoms with Crippen molar-refractivity contribution < 1.29 is 17.9 Å².